The highest BCUT2D eigenvalue weighted by molar-refractivity contribution is 7.91. The monoisotopic (exact) mass is 405 g/mol. The van der Waals surface area contributed by atoms with E-state index in [9.17, 15) is 18.0 Å². The number of carbonyl (C=O) groups excluding carboxylic acids is 2. The third-order valence-corrected chi connectivity index (χ3v) is 6.99. The molecule has 0 spiro atoms. The zero-order valence-electron chi connectivity index (χ0n) is 16.5. The van der Waals surface area contributed by atoms with E-state index >= 15 is 0 Å². The molecule has 148 valence electrons. The molecule has 1 aromatic rings. The molecule has 0 fully saturated rings. The Morgan fingerprint density at radius 1 is 1.04 bits per heavy atom. The van der Waals surface area contributed by atoms with Crippen LogP contribution in [-0.2, 0) is 19.5 Å². The van der Waals surface area contributed by atoms with E-state index in [2.05, 4.69) is 9.46 Å². The van der Waals surface area contributed by atoms with Gasteiger partial charge in [-0.1, -0.05) is 20.8 Å². The van der Waals surface area contributed by atoms with Gasteiger partial charge in [-0.3, -0.25) is 0 Å². The third-order valence-electron chi connectivity index (χ3n) is 3.50. The van der Waals surface area contributed by atoms with Gasteiger partial charge in [-0.2, -0.15) is 0 Å². The molecule has 0 aliphatic rings. The van der Waals surface area contributed by atoms with Crippen LogP contribution in [0.3, 0.4) is 0 Å². The van der Waals surface area contributed by atoms with Crippen LogP contribution in [0.5, 0.6) is 0 Å². The lowest BCUT2D eigenvalue weighted by Gasteiger charge is -2.32. The molecule has 0 saturated heterocycles. The van der Waals surface area contributed by atoms with E-state index in [1.165, 1.54) is 14.0 Å². The summed E-state index contributed by atoms with van der Waals surface area (Å²) in [5.41, 5.74) is -0.785. The van der Waals surface area contributed by atoms with Crippen molar-refractivity contribution in [2.45, 2.75) is 57.7 Å². The SMILES string of the molecule is COC(=O)c1sc(S(=O)(=O)NC(C)(C)CC(C)(C)C)c(C(=O)OC)c1C. The minimum absolute atomic E-state index is 0.0573. The van der Waals surface area contributed by atoms with Gasteiger partial charge in [-0.25, -0.2) is 22.7 Å². The fourth-order valence-electron chi connectivity index (χ4n) is 3.07. The Morgan fingerprint density at radius 3 is 1.96 bits per heavy atom. The van der Waals surface area contributed by atoms with Crippen LogP contribution in [0.2, 0.25) is 0 Å². The molecular weight excluding hydrogens is 378 g/mol. The minimum Gasteiger partial charge on any atom is -0.465 e. The number of thiophene rings is 1. The molecule has 1 aromatic heterocycles. The number of hydrogen-bond donors (Lipinski definition) is 1. The molecule has 1 rings (SSSR count). The van der Waals surface area contributed by atoms with Crippen LogP contribution in [0.15, 0.2) is 4.21 Å². The number of methoxy groups -OCH3 is 2. The Hall–Kier alpha value is -1.45. The Kier molecular flexibility index (Phi) is 6.65. The summed E-state index contributed by atoms with van der Waals surface area (Å²) in [4.78, 5) is 24.1. The van der Waals surface area contributed by atoms with Gasteiger partial charge in [0, 0.05) is 5.54 Å². The van der Waals surface area contributed by atoms with E-state index in [0.717, 1.165) is 7.11 Å². The molecule has 26 heavy (non-hydrogen) atoms. The van der Waals surface area contributed by atoms with E-state index in [-0.39, 0.29) is 25.6 Å². The van der Waals surface area contributed by atoms with Gasteiger partial charge in [-0.05, 0) is 38.2 Å². The van der Waals surface area contributed by atoms with Crippen molar-refractivity contribution in [2.24, 2.45) is 5.41 Å². The minimum atomic E-state index is -4.06. The second kappa shape index (κ2) is 7.66. The van der Waals surface area contributed by atoms with Crippen molar-refractivity contribution >= 4 is 33.3 Å². The van der Waals surface area contributed by atoms with Gasteiger partial charge in [0.05, 0.1) is 19.8 Å². The van der Waals surface area contributed by atoms with Crippen molar-refractivity contribution in [3.8, 4) is 0 Å². The molecule has 0 aliphatic heterocycles. The smallest absolute Gasteiger partial charge is 0.348 e. The lowest BCUT2D eigenvalue weighted by molar-refractivity contribution is 0.0596. The van der Waals surface area contributed by atoms with Gasteiger partial charge < -0.3 is 9.47 Å². The van der Waals surface area contributed by atoms with Gasteiger partial charge in [0.2, 0.25) is 0 Å². The third kappa shape index (κ3) is 5.28. The normalized spacial score (nSPS) is 12.8. The molecule has 0 amide bonds. The fraction of sp³-hybridized carbons (Fsp3) is 0.647. The van der Waals surface area contributed by atoms with Gasteiger partial charge in [0.15, 0.2) is 4.21 Å². The number of ether oxygens (including phenoxy) is 2. The molecule has 0 unspecified atom stereocenters. The molecule has 9 heteroatoms. The number of esters is 2. The van der Waals surface area contributed by atoms with Crippen LogP contribution >= 0.6 is 11.3 Å². The van der Waals surface area contributed by atoms with Crippen LogP contribution in [0.1, 0.15) is 66.6 Å². The standard InChI is InChI=1S/C17H27NO6S2/c1-10-11(13(19)23-7)15(25-12(10)14(20)24-8)26(21,22)18-17(5,6)9-16(2,3)4/h18H,9H2,1-8H3. The topological polar surface area (TPSA) is 98.8 Å². The summed E-state index contributed by atoms with van der Waals surface area (Å²) in [5.74, 6) is -1.52. The van der Waals surface area contributed by atoms with Crippen LogP contribution in [0.4, 0.5) is 0 Å². The second-order valence-corrected chi connectivity index (χ2v) is 10.8. The quantitative estimate of drug-likeness (QED) is 0.730. The van der Waals surface area contributed by atoms with E-state index in [4.69, 9.17) is 4.74 Å². The maximum Gasteiger partial charge on any atom is 0.348 e. The Labute approximate surface area is 159 Å². The predicted molar refractivity (Wildman–Crippen MR) is 100 cm³/mol. The zero-order chi connectivity index (χ0) is 20.5. The zero-order valence-corrected chi connectivity index (χ0v) is 18.1. The number of hydrogen-bond acceptors (Lipinski definition) is 7. The van der Waals surface area contributed by atoms with Crippen LogP contribution in [0.25, 0.3) is 0 Å². The van der Waals surface area contributed by atoms with Crippen molar-refractivity contribution < 1.29 is 27.5 Å². The van der Waals surface area contributed by atoms with Gasteiger partial charge >= 0.3 is 11.9 Å². The van der Waals surface area contributed by atoms with Crippen LogP contribution in [-0.4, -0.2) is 40.1 Å². The summed E-state index contributed by atoms with van der Waals surface area (Å²) in [6, 6.07) is 0. The first-order valence-corrected chi connectivity index (χ1v) is 10.3. The Balaban J connectivity index is 3.48. The molecule has 0 bridgehead atoms. The maximum absolute atomic E-state index is 13.0. The predicted octanol–water partition coefficient (Wildman–Crippen LogP) is 3.12. The first-order chi connectivity index (χ1) is 11.6. The maximum atomic E-state index is 13.0. The molecule has 0 radical (unpaired) electrons. The molecule has 0 atom stereocenters. The lowest BCUT2D eigenvalue weighted by atomic mass is 9.82. The lowest BCUT2D eigenvalue weighted by Crippen LogP contribution is -2.45. The molecule has 7 nitrogen and oxygen atoms in total. The highest BCUT2D eigenvalue weighted by Crippen LogP contribution is 2.35. The van der Waals surface area contributed by atoms with Gasteiger partial charge in [-0.15, -0.1) is 11.3 Å². The highest BCUT2D eigenvalue weighted by Gasteiger charge is 2.36. The van der Waals surface area contributed by atoms with Crippen molar-refractivity contribution in [1.29, 1.82) is 0 Å². The van der Waals surface area contributed by atoms with E-state index < -0.39 is 27.5 Å². The number of carbonyl (C=O) groups is 2. The largest absolute Gasteiger partial charge is 0.465 e. The molecule has 0 saturated carbocycles. The fourth-order valence-corrected chi connectivity index (χ4v) is 6.23. The second-order valence-electron chi connectivity index (χ2n) is 7.93. The van der Waals surface area contributed by atoms with Gasteiger partial charge in [0.25, 0.3) is 10.0 Å². The summed E-state index contributed by atoms with van der Waals surface area (Å²) in [6.07, 6.45) is 0.570. The van der Waals surface area contributed by atoms with Crippen molar-refractivity contribution in [2.75, 3.05) is 14.2 Å². The average Bonchev–Trinajstić information content (AvgIpc) is 2.80. The summed E-state index contributed by atoms with van der Waals surface area (Å²) < 4.78 is 37.8. The van der Waals surface area contributed by atoms with Crippen molar-refractivity contribution in [1.82, 2.24) is 4.72 Å². The summed E-state index contributed by atoms with van der Waals surface area (Å²) >= 11 is 0.702. The summed E-state index contributed by atoms with van der Waals surface area (Å²) in [6.45, 7) is 11.1. The molecule has 0 aliphatic carbocycles. The summed E-state index contributed by atoms with van der Waals surface area (Å²) in [5, 5.41) is 0. The van der Waals surface area contributed by atoms with E-state index in [1.807, 2.05) is 20.8 Å². The first kappa shape index (κ1) is 22.6. The number of sulfonamides is 1. The highest BCUT2D eigenvalue weighted by atomic mass is 32.2. The van der Waals surface area contributed by atoms with Gasteiger partial charge in [0.1, 0.15) is 4.88 Å². The number of nitrogens with one attached hydrogen (secondary N) is 1. The van der Waals surface area contributed by atoms with Crippen LogP contribution < -0.4 is 4.72 Å². The Morgan fingerprint density at radius 2 is 1.54 bits per heavy atom. The number of rotatable bonds is 6. The van der Waals surface area contributed by atoms with Crippen LogP contribution in [0, 0.1) is 12.3 Å². The Bertz CT molecular complexity index is 800. The van der Waals surface area contributed by atoms with Crippen molar-refractivity contribution in [3.05, 3.63) is 16.0 Å². The molecule has 1 N–H and O–H groups in total. The van der Waals surface area contributed by atoms with E-state index in [0.29, 0.717) is 17.8 Å². The molecular formula is C17H27NO6S2. The van der Waals surface area contributed by atoms with E-state index in [1.54, 1.807) is 13.8 Å². The summed E-state index contributed by atoms with van der Waals surface area (Å²) in [7, 11) is -1.71. The average molecular weight is 406 g/mol. The molecule has 0 aromatic carbocycles. The van der Waals surface area contributed by atoms with Crippen molar-refractivity contribution in [3.63, 3.8) is 0 Å². The first-order valence-electron chi connectivity index (χ1n) is 7.99. The molecule has 1 heterocycles.